The van der Waals surface area contributed by atoms with Gasteiger partial charge in [0.25, 0.3) is 5.91 Å². The zero-order valence-electron chi connectivity index (χ0n) is 12.2. The second-order valence-electron chi connectivity index (χ2n) is 5.13. The first-order valence-electron chi connectivity index (χ1n) is 7.38. The van der Waals surface area contributed by atoms with Crippen LogP contribution in [0, 0.1) is 0 Å². The molecule has 1 aliphatic rings. The fraction of sp³-hybridized carbons (Fsp3) is 0.294. The molecule has 1 atom stereocenters. The van der Waals surface area contributed by atoms with E-state index in [1.54, 1.807) is 36.3 Å². The molecular formula is C17H18N2O2S. The van der Waals surface area contributed by atoms with E-state index in [-0.39, 0.29) is 5.91 Å². The van der Waals surface area contributed by atoms with Gasteiger partial charge in [0.1, 0.15) is 0 Å². The Morgan fingerprint density at radius 3 is 2.86 bits per heavy atom. The van der Waals surface area contributed by atoms with Crippen molar-refractivity contribution in [2.24, 2.45) is 0 Å². The van der Waals surface area contributed by atoms with Crippen LogP contribution in [0.3, 0.4) is 0 Å². The number of hydrogen-bond acceptors (Lipinski definition) is 4. The fourth-order valence-corrected chi connectivity index (χ4v) is 3.49. The third kappa shape index (κ3) is 3.87. The van der Waals surface area contributed by atoms with Crippen molar-refractivity contribution < 1.29 is 9.53 Å². The lowest BCUT2D eigenvalue weighted by atomic mass is 10.2. The zero-order valence-corrected chi connectivity index (χ0v) is 13.0. The molecule has 1 fully saturated rings. The van der Waals surface area contributed by atoms with Crippen LogP contribution in [-0.2, 0) is 4.74 Å². The molecule has 1 saturated heterocycles. The van der Waals surface area contributed by atoms with E-state index in [1.807, 2.05) is 24.3 Å². The number of nitrogens with one attached hydrogen (secondary N) is 1. The lowest BCUT2D eigenvalue weighted by Gasteiger charge is -2.12. The molecule has 2 aromatic rings. The van der Waals surface area contributed by atoms with Crippen LogP contribution in [0.1, 0.15) is 23.2 Å². The number of anilines is 1. The molecular weight excluding hydrogens is 296 g/mol. The molecule has 0 radical (unpaired) electrons. The Labute approximate surface area is 134 Å². The molecule has 2 heterocycles. The van der Waals surface area contributed by atoms with Gasteiger partial charge >= 0.3 is 0 Å². The maximum atomic E-state index is 12.5. The summed E-state index contributed by atoms with van der Waals surface area (Å²) in [7, 11) is 0. The summed E-state index contributed by atoms with van der Waals surface area (Å²) < 4.78 is 5.64. The number of benzene rings is 1. The molecule has 0 bridgehead atoms. The minimum absolute atomic E-state index is 0.0957. The van der Waals surface area contributed by atoms with Gasteiger partial charge in [-0.2, -0.15) is 0 Å². The lowest BCUT2D eigenvalue weighted by molar-refractivity contribution is 0.102. The third-order valence-electron chi connectivity index (χ3n) is 3.52. The van der Waals surface area contributed by atoms with E-state index in [0.717, 1.165) is 35.8 Å². The third-order valence-corrected chi connectivity index (χ3v) is 4.72. The average Bonchev–Trinajstić information content (AvgIpc) is 3.07. The summed E-state index contributed by atoms with van der Waals surface area (Å²) in [5.41, 5.74) is 1.45. The maximum absolute atomic E-state index is 12.5. The van der Waals surface area contributed by atoms with Crippen LogP contribution < -0.4 is 5.32 Å². The Morgan fingerprint density at radius 2 is 2.09 bits per heavy atom. The van der Waals surface area contributed by atoms with Crippen molar-refractivity contribution in [1.29, 1.82) is 0 Å². The highest BCUT2D eigenvalue weighted by Crippen LogP contribution is 2.27. The highest BCUT2D eigenvalue weighted by molar-refractivity contribution is 7.99. The van der Waals surface area contributed by atoms with E-state index in [1.165, 1.54) is 0 Å². The molecule has 5 heteroatoms. The first kappa shape index (κ1) is 15.1. The van der Waals surface area contributed by atoms with Crippen LogP contribution in [0.15, 0.2) is 53.7 Å². The van der Waals surface area contributed by atoms with Gasteiger partial charge in [0.2, 0.25) is 0 Å². The molecule has 1 aromatic carbocycles. The Kier molecular flexibility index (Phi) is 5.08. The van der Waals surface area contributed by atoms with E-state index < -0.39 is 0 Å². The van der Waals surface area contributed by atoms with Gasteiger partial charge in [-0.25, -0.2) is 0 Å². The second kappa shape index (κ2) is 7.42. The Hall–Kier alpha value is -1.85. The smallest absolute Gasteiger partial charge is 0.256 e. The van der Waals surface area contributed by atoms with Crippen LogP contribution in [0.25, 0.3) is 0 Å². The van der Waals surface area contributed by atoms with Gasteiger partial charge in [0.15, 0.2) is 0 Å². The van der Waals surface area contributed by atoms with E-state index in [2.05, 4.69) is 10.3 Å². The molecule has 0 unspecified atom stereocenters. The van der Waals surface area contributed by atoms with Gasteiger partial charge in [-0.3, -0.25) is 9.78 Å². The standard InChI is InChI=1S/C17H18N2O2S/c20-17(19-13-7-9-18-10-8-13)15-5-1-2-6-16(15)22-12-14-4-3-11-21-14/h1-2,5-10,14H,3-4,11-12H2,(H,18,19,20)/t14-/m0/s1. The van der Waals surface area contributed by atoms with Gasteiger partial charge in [0, 0.05) is 35.3 Å². The van der Waals surface area contributed by atoms with E-state index in [0.29, 0.717) is 11.7 Å². The quantitative estimate of drug-likeness (QED) is 0.857. The molecule has 114 valence electrons. The minimum Gasteiger partial charge on any atom is -0.377 e. The Balaban J connectivity index is 1.68. The topological polar surface area (TPSA) is 51.2 Å². The first-order valence-corrected chi connectivity index (χ1v) is 8.36. The van der Waals surface area contributed by atoms with Crippen molar-refractivity contribution in [3.05, 3.63) is 54.4 Å². The van der Waals surface area contributed by atoms with E-state index in [4.69, 9.17) is 4.74 Å². The molecule has 0 aliphatic carbocycles. The normalized spacial score (nSPS) is 17.4. The van der Waals surface area contributed by atoms with Gasteiger partial charge in [-0.1, -0.05) is 12.1 Å². The van der Waals surface area contributed by atoms with Crippen LogP contribution in [0.4, 0.5) is 5.69 Å². The van der Waals surface area contributed by atoms with E-state index >= 15 is 0 Å². The molecule has 1 aliphatic heterocycles. The average molecular weight is 314 g/mol. The van der Waals surface area contributed by atoms with Crippen molar-refractivity contribution in [2.45, 2.75) is 23.8 Å². The number of rotatable bonds is 5. The first-order chi connectivity index (χ1) is 10.8. The highest BCUT2D eigenvalue weighted by Gasteiger charge is 2.17. The van der Waals surface area contributed by atoms with Crippen LogP contribution >= 0.6 is 11.8 Å². The predicted molar refractivity (Wildman–Crippen MR) is 88.3 cm³/mol. The lowest BCUT2D eigenvalue weighted by Crippen LogP contribution is -2.14. The monoisotopic (exact) mass is 314 g/mol. The summed E-state index contributed by atoms with van der Waals surface area (Å²) in [5, 5.41) is 2.90. The summed E-state index contributed by atoms with van der Waals surface area (Å²) in [5.74, 6) is 0.793. The molecule has 4 nitrogen and oxygen atoms in total. The van der Waals surface area contributed by atoms with Gasteiger partial charge in [-0.05, 0) is 37.1 Å². The Bertz CT molecular complexity index is 628. The van der Waals surface area contributed by atoms with Crippen molar-refractivity contribution in [3.63, 3.8) is 0 Å². The Morgan fingerprint density at radius 1 is 1.27 bits per heavy atom. The number of amides is 1. The molecule has 1 N–H and O–H groups in total. The minimum atomic E-state index is -0.0957. The summed E-state index contributed by atoms with van der Waals surface area (Å²) in [6, 6.07) is 11.2. The molecule has 22 heavy (non-hydrogen) atoms. The summed E-state index contributed by atoms with van der Waals surface area (Å²) in [6.45, 7) is 0.857. The maximum Gasteiger partial charge on any atom is 0.256 e. The number of hydrogen-bond donors (Lipinski definition) is 1. The van der Waals surface area contributed by atoms with Crippen LogP contribution in [-0.4, -0.2) is 29.4 Å². The van der Waals surface area contributed by atoms with Gasteiger partial charge in [-0.15, -0.1) is 11.8 Å². The van der Waals surface area contributed by atoms with Crippen molar-refractivity contribution in [1.82, 2.24) is 4.98 Å². The molecule has 3 rings (SSSR count). The molecule has 0 spiro atoms. The summed E-state index contributed by atoms with van der Waals surface area (Å²) >= 11 is 1.69. The SMILES string of the molecule is O=C(Nc1ccncc1)c1ccccc1SC[C@@H]1CCCO1. The van der Waals surface area contributed by atoms with Gasteiger partial charge < -0.3 is 10.1 Å². The number of carbonyl (C=O) groups excluding carboxylic acids is 1. The van der Waals surface area contributed by atoms with Crippen molar-refractivity contribution in [3.8, 4) is 0 Å². The van der Waals surface area contributed by atoms with Gasteiger partial charge in [0.05, 0.1) is 11.7 Å². The largest absolute Gasteiger partial charge is 0.377 e. The zero-order chi connectivity index (χ0) is 15.2. The summed E-state index contributed by atoms with van der Waals surface area (Å²) in [4.78, 5) is 17.4. The predicted octanol–water partition coefficient (Wildman–Crippen LogP) is 3.61. The van der Waals surface area contributed by atoms with E-state index in [9.17, 15) is 4.79 Å². The molecule has 1 aromatic heterocycles. The number of nitrogens with zero attached hydrogens (tertiary/aromatic N) is 1. The molecule has 1 amide bonds. The van der Waals surface area contributed by atoms with Crippen molar-refractivity contribution >= 4 is 23.4 Å². The second-order valence-corrected chi connectivity index (χ2v) is 6.19. The molecule has 0 saturated carbocycles. The number of pyridine rings is 1. The number of aromatic nitrogens is 1. The number of ether oxygens (including phenoxy) is 1. The highest BCUT2D eigenvalue weighted by atomic mass is 32.2. The van der Waals surface area contributed by atoms with Crippen LogP contribution in [0.5, 0.6) is 0 Å². The van der Waals surface area contributed by atoms with Crippen molar-refractivity contribution in [2.75, 3.05) is 17.7 Å². The fourth-order valence-electron chi connectivity index (χ4n) is 2.37. The summed E-state index contributed by atoms with van der Waals surface area (Å²) in [6.07, 6.45) is 5.87. The van der Waals surface area contributed by atoms with Crippen LogP contribution in [0.2, 0.25) is 0 Å². The number of thioether (sulfide) groups is 1. The number of carbonyl (C=O) groups is 1.